The Morgan fingerprint density at radius 1 is 1.27 bits per heavy atom. The van der Waals surface area contributed by atoms with Crippen molar-refractivity contribution in [2.24, 2.45) is 5.73 Å². The number of piperidine rings is 1. The van der Waals surface area contributed by atoms with Gasteiger partial charge in [0.1, 0.15) is 0 Å². The van der Waals surface area contributed by atoms with Crippen molar-refractivity contribution in [2.45, 2.75) is 58.0 Å². The quantitative estimate of drug-likeness (QED) is 0.879. The summed E-state index contributed by atoms with van der Waals surface area (Å²) in [5.74, 6) is 0.551. The van der Waals surface area contributed by atoms with Gasteiger partial charge in [-0.2, -0.15) is 0 Å². The maximum absolute atomic E-state index is 12.3. The fourth-order valence-corrected chi connectivity index (χ4v) is 3.14. The first kappa shape index (κ1) is 17.0. The summed E-state index contributed by atoms with van der Waals surface area (Å²) in [6.07, 6.45) is 3.45. The van der Waals surface area contributed by atoms with Crippen LogP contribution in [0.4, 0.5) is 5.69 Å². The molecular formula is C18H29N3O. The average Bonchev–Trinajstić information content (AvgIpc) is 2.48. The van der Waals surface area contributed by atoms with Gasteiger partial charge in [0.05, 0.1) is 6.54 Å². The van der Waals surface area contributed by atoms with Gasteiger partial charge in [0.15, 0.2) is 0 Å². The molecule has 0 spiro atoms. The normalized spacial score (nSPS) is 20.9. The van der Waals surface area contributed by atoms with Crippen molar-refractivity contribution >= 4 is 11.6 Å². The Bertz CT molecular complexity index is 482. The third-order valence-electron chi connectivity index (χ3n) is 4.48. The Morgan fingerprint density at radius 2 is 1.95 bits per heavy atom. The van der Waals surface area contributed by atoms with Gasteiger partial charge in [-0.05, 0) is 49.9 Å². The lowest BCUT2D eigenvalue weighted by atomic mass is 9.97. The number of carbonyl (C=O) groups is 1. The second-order valence-corrected chi connectivity index (χ2v) is 6.72. The van der Waals surface area contributed by atoms with Crippen LogP contribution in [0.5, 0.6) is 0 Å². The Kier molecular flexibility index (Phi) is 5.98. The molecule has 22 heavy (non-hydrogen) atoms. The SMILES string of the molecule is CC(C)c1ccc(NC(=O)CN2CCCCC2C(C)N)cc1. The van der Waals surface area contributed by atoms with Gasteiger partial charge >= 0.3 is 0 Å². The molecule has 1 aromatic carbocycles. The molecule has 1 aromatic rings. The standard InChI is InChI=1S/C18H29N3O/c1-13(2)15-7-9-16(10-8-15)20-18(22)12-21-11-5-4-6-17(21)14(3)19/h7-10,13-14,17H,4-6,11-12,19H2,1-3H3,(H,20,22). The summed E-state index contributed by atoms with van der Waals surface area (Å²) < 4.78 is 0. The molecule has 1 aliphatic heterocycles. The van der Waals surface area contributed by atoms with E-state index in [4.69, 9.17) is 5.73 Å². The number of likely N-dealkylation sites (tertiary alicyclic amines) is 1. The van der Waals surface area contributed by atoms with E-state index < -0.39 is 0 Å². The van der Waals surface area contributed by atoms with Crippen LogP contribution in [0.3, 0.4) is 0 Å². The van der Waals surface area contributed by atoms with Crippen molar-refractivity contribution in [3.05, 3.63) is 29.8 Å². The van der Waals surface area contributed by atoms with Gasteiger partial charge in [0.25, 0.3) is 0 Å². The van der Waals surface area contributed by atoms with Gasteiger partial charge in [0.2, 0.25) is 5.91 Å². The summed E-state index contributed by atoms with van der Waals surface area (Å²) in [6, 6.07) is 8.54. The minimum atomic E-state index is 0.0462. The molecule has 0 saturated carbocycles. The molecule has 122 valence electrons. The number of nitrogens with two attached hydrogens (primary N) is 1. The number of benzene rings is 1. The van der Waals surface area contributed by atoms with E-state index in [0.29, 0.717) is 18.5 Å². The van der Waals surface area contributed by atoms with E-state index in [-0.39, 0.29) is 11.9 Å². The summed E-state index contributed by atoms with van der Waals surface area (Å²) in [6.45, 7) is 7.76. The second kappa shape index (κ2) is 7.75. The summed E-state index contributed by atoms with van der Waals surface area (Å²) in [5.41, 5.74) is 8.21. The molecule has 2 unspecified atom stereocenters. The molecule has 1 aliphatic rings. The Balaban J connectivity index is 1.91. The molecule has 0 aliphatic carbocycles. The highest BCUT2D eigenvalue weighted by Crippen LogP contribution is 2.20. The van der Waals surface area contributed by atoms with Crippen LogP contribution < -0.4 is 11.1 Å². The van der Waals surface area contributed by atoms with Gasteiger partial charge in [-0.15, -0.1) is 0 Å². The average molecular weight is 303 g/mol. The molecule has 1 saturated heterocycles. The number of hydrogen-bond donors (Lipinski definition) is 2. The van der Waals surface area contributed by atoms with Crippen LogP contribution in [0, 0.1) is 0 Å². The van der Waals surface area contributed by atoms with Gasteiger partial charge in [0, 0.05) is 17.8 Å². The van der Waals surface area contributed by atoms with Crippen LogP contribution in [0.2, 0.25) is 0 Å². The molecule has 2 atom stereocenters. The van der Waals surface area contributed by atoms with Crippen molar-refractivity contribution in [1.29, 1.82) is 0 Å². The molecular weight excluding hydrogens is 274 g/mol. The van der Waals surface area contributed by atoms with Gasteiger partial charge in [-0.1, -0.05) is 32.4 Å². The Labute approximate surface area is 134 Å². The van der Waals surface area contributed by atoms with Crippen molar-refractivity contribution in [1.82, 2.24) is 4.90 Å². The van der Waals surface area contributed by atoms with E-state index in [1.165, 1.54) is 12.0 Å². The first-order chi connectivity index (χ1) is 10.5. The van der Waals surface area contributed by atoms with Crippen LogP contribution in [-0.2, 0) is 4.79 Å². The number of amides is 1. The van der Waals surface area contributed by atoms with Crippen LogP contribution in [0.1, 0.15) is 51.5 Å². The maximum Gasteiger partial charge on any atom is 0.238 e. The van der Waals surface area contributed by atoms with E-state index in [1.807, 2.05) is 19.1 Å². The van der Waals surface area contributed by atoms with E-state index in [9.17, 15) is 4.79 Å². The van der Waals surface area contributed by atoms with Gasteiger partial charge < -0.3 is 11.1 Å². The minimum Gasteiger partial charge on any atom is -0.327 e. The van der Waals surface area contributed by atoms with E-state index in [2.05, 4.69) is 36.2 Å². The molecule has 3 N–H and O–H groups in total. The minimum absolute atomic E-state index is 0.0462. The molecule has 4 heteroatoms. The monoisotopic (exact) mass is 303 g/mol. The molecule has 4 nitrogen and oxygen atoms in total. The topological polar surface area (TPSA) is 58.4 Å². The summed E-state index contributed by atoms with van der Waals surface area (Å²) in [5, 5.41) is 2.99. The van der Waals surface area contributed by atoms with Crippen LogP contribution in [0.15, 0.2) is 24.3 Å². The lowest BCUT2D eigenvalue weighted by Gasteiger charge is -2.37. The van der Waals surface area contributed by atoms with Gasteiger partial charge in [-0.3, -0.25) is 9.69 Å². The fourth-order valence-electron chi connectivity index (χ4n) is 3.14. The first-order valence-electron chi connectivity index (χ1n) is 8.37. The molecule has 2 rings (SSSR count). The zero-order valence-electron chi connectivity index (χ0n) is 14.0. The number of rotatable bonds is 5. The first-order valence-corrected chi connectivity index (χ1v) is 8.37. The highest BCUT2D eigenvalue weighted by atomic mass is 16.2. The van der Waals surface area contributed by atoms with Crippen LogP contribution in [-0.4, -0.2) is 36.0 Å². The largest absolute Gasteiger partial charge is 0.327 e. The molecule has 0 aromatic heterocycles. The van der Waals surface area contributed by atoms with Gasteiger partial charge in [-0.25, -0.2) is 0 Å². The number of anilines is 1. The van der Waals surface area contributed by atoms with Crippen LogP contribution in [0.25, 0.3) is 0 Å². The maximum atomic E-state index is 12.3. The fraction of sp³-hybridized carbons (Fsp3) is 0.611. The zero-order valence-corrected chi connectivity index (χ0v) is 14.0. The molecule has 1 heterocycles. The summed E-state index contributed by atoms with van der Waals surface area (Å²) >= 11 is 0. The Morgan fingerprint density at radius 3 is 2.55 bits per heavy atom. The molecule has 1 amide bonds. The predicted molar refractivity (Wildman–Crippen MR) is 92.0 cm³/mol. The number of nitrogens with one attached hydrogen (secondary N) is 1. The smallest absolute Gasteiger partial charge is 0.238 e. The van der Waals surface area contributed by atoms with Crippen molar-refractivity contribution in [2.75, 3.05) is 18.4 Å². The number of nitrogens with zero attached hydrogens (tertiary/aromatic N) is 1. The van der Waals surface area contributed by atoms with Crippen molar-refractivity contribution < 1.29 is 4.79 Å². The molecule has 0 bridgehead atoms. The second-order valence-electron chi connectivity index (χ2n) is 6.72. The summed E-state index contributed by atoms with van der Waals surface area (Å²) in [7, 11) is 0. The van der Waals surface area contributed by atoms with Crippen molar-refractivity contribution in [3.8, 4) is 0 Å². The highest BCUT2D eigenvalue weighted by molar-refractivity contribution is 5.92. The van der Waals surface area contributed by atoms with E-state index >= 15 is 0 Å². The number of hydrogen-bond acceptors (Lipinski definition) is 3. The van der Waals surface area contributed by atoms with Crippen molar-refractivity contribution in [3.63, 3.8) is 0 Å². The molecule has 0 radical (unpaired) electrons. The number of carbonyl (C=O) groups excluding carboxylic acids is 1. The third kappa shape index (κ3) is 4.55. The zero-order chi connectivity index (χ0) is 16.1. The summed E-state index contributed by atoms with van der Waals surface area (Å²) in [4.78, 5) is 14.5. The van der Waals surface area contributed by atoms with E-state index in [1.54, 1.807) is 0 Å². The predicted octanol–water partition coefficient (Wildman–Crippen LogP) is 2.95. The highest BCUT2D eigenvalue weighted by Gasteiger charge is 2.26. The van der Waals surface area contributed by atoms with Crippen LogP contribution >= 0.6 is 0 Å². The lowest BCUT2D eigenvalue weighted by Crippen LogP contribution is -2.51. The Hall–Kier alpha value is -1.39. The molecule has 1 fully saturated rings. The lowest BCUT2D eigenvalue weighted by molar-refractivity contribution is -0.118. The third-order valence-corrected chi connectivity index (χ3v) is 4.48. The van der Waals surface area contributed by atoms with E-state index in [0.717, 1.165) is 25.1 Å².